The standard InChI is InChI=1S/C21H28N4O5/c1-3-30-20(28)17-6-4-7-18(14-17)22-21(29)25-11-5-10-24(25)19(27)16-8-12-23(13-9-16)15(2)26/h4,6-7,14,16H,3,5,8-13H2,1-2H3,(H,22,29). The first-order valence-corrected chi connectivity index (χ1v) is 10.3. The Morgan fingerprint density at radius 2 is 1.77 bits per heavy atom. The largest absolute Gasteiger partial charge is 0.462 e. The molecule has 0 aromatic heterocycles. The molecule has 0 unspecified atom stereocenters. The third kappa shape index (κ3) is 4.90. The second kappa shape index (κ2) is 9.60. The van der Waals surface area contributed by atoms with Crippen LogP contribution >= 0.6 is 0 Å². The molecule has 9 heteroatoms. The fourth-order valence-corrected chi connectivity index (χ4v) is 3.83. The predicted octanol–water partition coefficient (Wildman–Crippen LogP) is 2.10. The molecule has 162 valence electrons. The molecule has 2 saturated heterocycles. The molecule has 0 bridgehead atoms. The molecule has 2 aliphatic heterocycles. The lowest BCUT2D eigenvalue weighted by Gasteiger charge is -2.35. The van der Waals surface area contributed by atoms with Crippen LogP contribution < -0.4 is 5.32 Å². The smallest absolute Gasteiger partial charge is 0.340 e. The summed E-state index contributed by atoms with van der Waals surface area (Å²) in [6.07, 6.45) is 1.91. The maximum Gasteiger partial charge on any atom is 0.340 e. The quantitative estimate of drug-likeness (QED) is 0.758. The zero-order valence-electron chi connectivity index (χ0n) is 17.4. The van der Waals surface area contributed by atoms with E-state index in [1.54, 1.807) is 36.1 Å². The van der Waals surface area contributed by atoms with Gasteiger partial charge in [-0.05, 0) is 44.4 Å². The minimum atomic E-state index is -0.455. The van der Waals surface area contributed by atoms with Gasteiger partial charge in [-0.2, -0.15) is 0 Å². The number of piperidine rings is 1. The van der Waals surface area contributed by atoms with Gasteiger partial charge in [0.2, 0.25) is 11.8 Å². The molecule has 0 atom stereocenters. The Kier molecular flexibility index (Phi) is 6.91. The minimum absolute atomic E-state index is 0.0214. The zero-order chi connectivity index (χ0) is 21.7. The van der Waals surface area contributed by atoms with Gasteiger partial charge in [0.25, 0.3) is 0 Å². The van der Waals surface area contributed by atoms with Gasteiger partial charge in [-0.15, -0.1) is 0 Å². The maximum atomic E-state index is 13.0. The van der Waals surface area contributed by atoms with Gasteiger partial charge in [-0.3, -0.25) is 9.59 Å². The molecule has 3 rings (SSSR count). The van der Waals surface area contributed by atoms with E-state index >= 15 is 0 Å². The van der Waals surface area contributed by atoms with Crippen molar-refractivity contribution in [2.45, 2.75) is 33.1 Å². The molecule has 2 fully saturated rings. The number of hydrogen-bond donors (Lipinski definition) is 1. The molecule has 2 heterocycles. The third-order valence-electron chi connectivity index (χ3n) is 5.43. The number of nitrogens with zero attached hydrogens (tertiary/aromatic N) is 3. The van der Waals surface area contributed by atoms with Crippen LogP contribution in [-0.2, 0) is 14.3 Å². The van der Waals surface area contributed by atoms with E-state index in [1.807, 2.05) is 0 Å². The number of hydrazine groups is 1. The van der Waals surface area contributed by atoms with Gasteiger partial charge >= 0.3 is 12.0 Å². The number of hydrogen-bond acceptors (Lipinski definition) is 5. The molecule has 2 aliphatic rings. The summed E-state index contributed by atoms with van der Waals surface area (Å²) in [5.41, 5.74) is 0.806. The molecule has 0 radical (unpaired) electrons. The Balaban J connectivity index is 1.62. The first-order valence-electron chi connectivity index (χ1n) is 10.3. The van der Waals surface area contributed by atoms with Crippen LogP contribution in [0, 0.1) is 5.92 Å². The van der Waals surface area contributed by atoms with Crippen molar-refractivity contribution in [3.05, 3.63) is 29.8 Å². The van der Waals surface area contributed by atoms with Crippen LogP contribution in [0.3, 0.4) is 0 Å². The van der Waals surface area contributed by atoms with Gasteiger partial charge in [-0.25, -0.2) is 19.6 Å². The monoisotopic (exact) mass is 416 g/mol. The van der Waals surface area contributed by atoms with Crippen LogP contribution in [0.25, 0.3) is 0 Å². The van der Waals surface area contributed by atoms with E-state index in [1.165, 1.54) is 16.9 Å². The Bertz CT molecular complexity index is 819. The zero-order valence-corrected chi connectivity index (χ0v) is 17.4. The second-order valence-electron chi connectivity index (χ2n) is 7.45. The van der Waals surface area contributed by atoms with Gasteiger partial charge < -0.3 is 15.0 Å². The summed E-state index contributed by atoms with van der Waals surface area (Å²) in [5, 5.41) is 5.70. The average Bonchev–Trinajstić information content (AvgIpc) is 3.24. The highest BCUT2D eigenvalue weighted by molar-refractivity contribution is 5.95. The molecular formula is C21H28N4O5. The van der Waals surface area contributed by atoms with Gasteiger partial charge in [0.05, 0.1) is 12.2 Å². The number of urea groups is 1. The van der Waals surface area contributed by atoms with E-state index in [0.717, 1.165) is 0 Å². The SMILES string of the molecule is CCOC(=O)c1cccc(NC(=O)N2CCCN2C(=O)C2CCN(C(C)=O)CC2)c1. The number of nitrogens with one attached hydrogen (secondary N) is 1. The van der Waals surface area contributed by atoms with Gasteiger partial charge in [-0.1, -0.05) is 6.07 Å². The number of rotatable bonds is 4. The Morgan fingerprint density at radius 3 is 2.43 bits per heavy atom. The maximum absolute atomic E-state index is 13.0. The molecule has 9 nitrogen and oxygen atoms in total. The summed E-state index contributed by atoms with van der Waals surface area (Å²) in [4.78, 5) is 50.9. The Labute approximate surface area is 175 Å². The van der Waals surface area contributed by atoms with Crippen LogP contribution in [0.5, 0.6) is 0 Å². The van der Waals surface area contributed by atoms with E-state index in [0.29, 0.717) is 56.7 Å². The lowest BCUT2D eigenvalue weighted by molar-refractivity contribution is -0.147. The van der Waals surface area contributed by atoms with Gasteiger partial charge in [0.1, 0.15) is 0 Å². The van der Waals surface area contributed by atoms with Crippen molar-refractivity contribution < 1.29 is 23.9 Å². The number of esters is 1. The fraction of sp³-hybridized carbons (Fsp3) is 0.524. The van der Waals surface area contributed by atoms with Crippen LogP contribution in [-0.4, -0.2) is 71.5 Å². The number of likely N-dealkylation sites (tertiary alicyclic amines) is 1. The van der Waals surface area contributed by atoms with Crippen LogP contribution in [0.15, 0.2) is 24.3 Å². The van der Waals surface area contributed by atoms with E-state index < -0.39 is 12.0 Å². The highest BCUT2D eigenvalue weighted by atomic mass is 16.5. The molecule has 1 aromatic rings. The highest BCUT2D eigenvalue weighted by Crippen LogP contribution is 2.24. The molecule has 30 heavy (non-hydrogen) atoms. The molecule has 0 aliphatic carbocycles. The highest BCUT2D eigenvalue weighted by Gasteiger charge is 2.36. The van der Waals surface area contributed by atoms with E-state index in [4.69, 9.17) is 4.74 Å². The van der Waals surface area contributed by atoms with Crippen molar-refractivity contribution in [3.63, 3.8) is 0 Å². The third-order valence-corrected chi connectivity index (χ3v) is 5.43. The van der Waals surface area contributed by atoms with Gasteiger partial charge in [0.15, 0.2) is 0 Å². The summed E-state index contributed by atoms with van der Waals surface area (Å²) in [5.74, 6) is -0.705. The van der Waals surface area contributed by atoms with Crippen molar-refractivity contribution in [2.75, 3.05) is 38.1 Å². The molecular weight excluding hydrogens is 388 g/mol. The summed E-state index contributed by atoms with van der Waals surface area (Å²) < 4.78 is 4.99. The normalized spacial score (nSPS) is 17.1. The molecule has 1 aromatic carbocycles. The molecule has 0 saturated carbocycles. The number of carbonyl (C=O) groups excluding carboxylic acids is 4. The number of benzene rings is 1. The van der Waals surface area contributed by atoms with Crippen LogP contribution in [0.2, 0.25) is 0 Å². The van der Waals surface area contributed by atoms with E-state index in [-0.39, 0.29) is 24.3 Å². The number of anilines is 1. The summed E-state index contributed by atoms with van der Waals surface area (Å²) in [7, 11) is 0. The topological polar surface area (TPSA) is 99.3 Å². The van der Waals surface area contributed by atoms with Crippen molar-refractivity contribution in [1.82, 2.24) is 14.9 Å². The van der Waals surface area contributed by atoms with Crippen molar-refractivity contribution in [3.8, 4) is 0 Å². The van der Waals surface area contributed by atoms with Crippen molar-refractivity contribution >= 4 is 29.5 Å². The first-order chi connectivity index (χ1) is 14.4. The van der Waals surface area contributed by atoms with E-state index in [2.05, 4.69) is 5.32 Å². The Morgan fingerprint density at radius 1 is 1.07 bits per heavy atom. The Hall–Kier alpha value is -3.10. The molecule has 0 spiro atoms. The predicted molar refractivity (Wildman–Crippen MR) is 109 cm³/mol. The minimum Gasteiger partial charge on any atom is -0.462 e. The number of ether oxygens (including phenoxy) is 1. The van der Waals surface area contributed by atoms with Crippen molar-refractivity contribution in [2.24, 2.45) is 5.92 Å². The summed E-state index contributed by atoms with van der Waals surface area (Å²) in [6.45, 7) is 5.59. The van der Waals surface area contributed by atoms with Crippen LogP contribution in [0.1, 0.15) is 43.5 Å². The van der Waals surface area contributed by atoms with Crippen LogP contribution in [0.4, 0.5) is 10.5 Å². The lowest BCUT2D eigenvalue weighted by atomic mass is 9.95. The van der Waals surface area contributed by atoms with Gasteiger partial charge in [0, 0.05) is 44.7 Å². The van der Waals surface area contributed by atoms with E-state index in [9.17, 15) is 19.2 Å². The molecule has 1 N–H and O–H groups in total. The fourth-order valence-electron chi connectivity index (χ4n) is 3.83. The lowest BCUT2D eigenvalue weighted by Crippen LogP contribution is -2.50. The number of amides is 4. The first kappa shape index (κ1) is 21.6. The second-order valence-corrected chi connectivity index (χ2v) is 7.45. The number of carbonyl (C=O) groups is 4. The summed E-state index contributed by atoms with van der Waals surface area (Å²) >= 11 is 0. The molecule has 4 amide bonds. The summed E-state index contributed by atoms with van der Waals surface area (Å²) in [6, 6.07) is 6.10. The van der Waals surface area contributed by atoms with Crippen molar-refractivity contribution in [1.29, 1.82) is 0 Å². The average molecular weight is 416 g/mol.